The van der Waals surface area contributed by atoms with Crippen LogP contribution >= 0.6 is 0 Å². The molecule has 0 spiro atoms. The Morgan fingerprint density at radius 2 is 2.06 bits per heavy atom. The van der Waals surface area contributed by atoms with E-state index in [-0.39, 0.29) is 24.5 Å². The fraction of sp³-hybridized carbons (Fsp3) is 0.625. The Morgan fingerprint density at radius 1 is 1.24 bits per heavy atom. The molecule has 1 saturated carbocycles. The number of benzene rings is 1. The van der Waals surface area contributed by atoms with E-state index in [0.29, 0.717) is 50.1 Å². The number of amides is 2. The Kier molecular flexibility index (Phi) is 7.69. The summed E-state index contributed by atoms with van der Waals surface area (Å²) in [5.41, 5.74) is 1.67. The van der Waals surface area contributed by atoms with Crippen molar-refractivity contribution in [1.29, 1.82) is 0 Å². The number of hydrogen-bond acceptors (Lipinski definition) is 7. The number of hydrogen-bond donors (Lipinski definition) is 2. The smallest absolute Gasteiger partial charge is 0.246 e. The minimum absolute atomic E-state index is 0.0111. The van der Waals surface area contributed by atoms with Crippen molar-refractivity contribution in [3.05, 3.63) is 17.7 Å². The highest BCUT2D eigenvalue weighted by Gasteiger charge is 2.31. The van der Waals surface area contributed by atoms with E-state index in [9.17, 15) is 14.7 Å². The molecule has 3 aliphatic rings. The number of aliphatic hydroxyl groups excluding tert-OH is 1. The maximum absolute atomic E-state index is 12.7. The standard InChI is InChI=1S/C24H34N4O5/c1-32-21-14-18(13-20-19(21)15-27-16-22(30)26-24(27)25-20)33-12-6-5-9-23(31)28(10-11-29)17-7-3-2-4-8-17/h13-14,17,29H,2-12,15-16H2,1H3,(H,25,26,30). The summed E-state index contributed by atoms with van der Waals surface area (Å²) >= 11 is 0. The first-order valence-electron chi connectivity index (χ1n) is 12.0. The molecule has 0 aromatic heterocycles. The monoisotopic (exact) mass is 458 g/mol. The molecule has 2 amide bonds. The number of aliphatic imine (C=N–C) groups is 1. The summed E-state index contributed by atoms with van der Waals surface area (Å²) in [5, 5.41) is 12.2. The van der Waals surface area contributed by atoms with Gasteiger partial charge in [0, 0.05) is 36.7 Å². The van der Waals surface area contributed by atoms with Crippen molar-refractivity contribution < 1.29 is 24.2 Å². The molecule has 4 rings (SSSR count). The molecule has 0 unspecified atom stereocenters. The van der Waals surface area contributed by atoms with E-state index in [4.69, 9.17) is 9.47 Å². The number of fused-ring (bicyclic) bond motifs is 2. The zero-order valence-corrected chi connectivity index (χ0v) is 19.3. The molecule has 1 aromatic carbocycles. The van der Waals surface area contributed by atoms with Crippen molar-refractivity contribution >= 4 is 23.5 Å². The van der Waals surface area contributed by atoms with Crippen molar-refractivity contribution in [2.45, 2.75) is 64.0 Å². The Balaban J connectivity index is 1.28. The summed E-state index contributed by atoms with van der Waals surface area (Å²) in [6.07, 6.45) is 7.60. The van der Waals surface area contributed by atoms with Gasteiger partial charge in [-0.2, -0.15) is 0 Å². The number of ether oxygens (including phenoxy) is 2. The van der Waals surface area contributed by atoms with Crippen molar-refractivity contribution in [1.82, 2.24) is 15.1 Å². The fourth-order valence-electron chi connectivity index (χ4n) is 4.88. The summed E-state index contributed by atoms with van der Waals surface area (Å²) in [7, 11) is 1.61. The molecule has 0 radical (unpaired) electrons. The molecular weight excluding hydrogens is 424 g/mol. The molecule has 2 N–H and O–H groups in total. The first-order chi connectivity index (χ1) is 16.1. The highest BCUT2D eigenvalue weighted by molar-refractivity contribution is 6.06. The lowest BCUT2D eigenvalue weighted by Gasteiger charge is -2.34. The van der Waals surface area contributed by atoms with Crippen LogP contribution in [-0.2, 0) is 16.1 Å². The number of carbonyl (C=O) groups excluding carboxylic acids is 2. The van der Waals surface area contributed by atoms with Crippen LogP contribution in [0.3, 0.4) is 0 Å². The Morgan fingerprint density at radius 3 is 2.82 bits per heavy atom. The number of unbranched alkanes of at least 4 members (excludes halogenated alkanes) is 1. The minimum Gasteiger partial charge on any atom is -0.496 e. The highest BCUT2D eigenvalue weighted by Crippen LogP contribution is 2.38. The molecule has 0 atom stereocenters. The van der Waals surface area contributed by atoms with Crippen LogP contribution in [-0.4, -0.2) is 72.1 Å². The summed E-state index contributed by atoms with van der Waals surface area (Å²) < 4.78 is 11.5. The molecular formula is C24H34N4O5. The summed E-state index contributed by atoms with van der Waals surface area (Å²) in [4.78, 5) is 32.7. The van der Waals surface area contributed by atoms with Crippen LogP contribution in [0.5, 0.6) is 11.5 Å². The minimum atomic E-state index is -0.0624. The molecule has 1 aliphatic carbocycles. The average molecular weight is 459 g/mol. The number of nitrogens with zero attached hydrogens (tertiary/aromatic N) is 3. The Labute approximate surface area is 194 Å². The molecule has 180 valence electrons. The molecule has 33 heavy (non-hydrogen) atoms. The van der Waals surface area contributed by atoms with Gasteiger partial charge in [0.05, 0.1) is 32.6 Å². The lowest BCUT2D eigenvalue weighted by molar-refractivity contribution is -0.135. The topological polar surface area (TPSA) is 104 Å². The molecule has 2 heterocycles. The van der Waals surface area contributed by atoms with E-state index >= 15 is 0 Å². The maximum Gasteiger partial charge on any atom is 0.246 e. The van der Waals surface area contributed by atoms with Crippen molar-refractivity contribution in [3.63, 3.8) is 0 Å². The number of nitrogens with one attached hydrogen (secondary N) is 1. The van der Waals surface area contributed by atoms with Gasteiger partial charge in [-0.25, -0.2) is 4.99 Å². The Bertz CT molecular complexity index is 897. The van der Waals surface area contributed by atoms with Crippen LogP contribution in [0.2, 0.25) is 0 Å². The third-order valence-corrected chi connectivity index (χ3v) is 6.57. The molecule has 2 aliphatic heterocycles. The second-order valence-electron chi connectivity index (χ2n) is 8.87. The molecule has 9 heteroatoms. The fourth-order valence-corrected chi connectivity index (χ4v) is 4.88. The van der Waals surface area contributed by atoms with Crippen molar-refractivity contribution in [2.75, 3.05) is 33.4 Å². The quantitative estimate of drug-likeness (QED) is 0.522. The van der Waals surface area contributed by atoms with Gasteiger partial charge in [-0.1, -0.05) is 19.3 Å². The van der Waals surface area contributed by atoms with E-state index in [1.165, 1.54) is 6.42 Å². The first-order valence-corrected chi connectivity index (χ1v) is 12.0. The normalized spacial score (nSPS) is 17.7. The largest absolute Gasteiger partial charge is 0.496 e. The van der Waals surface area contributed by atoms with Crippen LogP contribution in [0.4, 0.5) is 5.69 Å². The summed E-state index contributed by atoms with van der Waals surface area (Å²) in [6, 6.07) is 3.99. The van der Waals surface area contributed by atoms with E-state index in [2.05, 4.69) is 10.3 Å². The van der Waals surface area contributed by atoms with Gasteiger partial charge in [-0.3, -0.25) is 14.9 Å². The summed E-state index contributed by atoms with van der Waals surface area (Å²) in [6.45, 7) is 1.78. The van der Waals surface area contributed by atoms with Crippen LogP contribution < -0.4 is 14.8 Å². The molecule has 0 bridgehead atoms. The average Bonchev–Trinajstić information content (AvgIpc) is 3.19. The van der Waals surface area contributed by atoms with Crippen LogP contribution in [0, 0.1) is 0 Å². The third kappa shape index (κ3) is 5.58. The molecule has 1 aromatic rings. The zero-order chi connectivity index (χ0) is 23.2. The van der Waals surface area contributed by atoms with Gasteiger partial charge in [-0.15, -0.1) is 0 Å². The van der Waals surface area contributed by atoms with E-state index < -0.39 is 0 Å². The van der Waals surface area contributed by atoms with Crippen LogP contribution in [0.15, 0.2) is 17.1 Å². The predicted octanol–water partition coefficient (Wildman–Crippen LogP) is 2.33. The van der Waals surface area contributed by atoms with Gasteiger partial charge in [0.2, 0.25) is 17.8 Å². The number of methoxy groups -OCH3 is 1. The van der Waals surface area contributed by atoms with Crippen molar-refractivity contribution in [3.8, 4) is 11.5 Å². The first kappa shape index (κ1) is 23.4. The van der Waals surface area contributed by atoms with Crippen molar-refractivity contribution in [2.24, 2.45) is 4.99 Å². The predicted molar refractivity (Wildman–Crippen MR) is 124 cm³/mol. The lowest BCUT2D eigenvalue weighted by Crippen LogP contribution is -2.43. The molecule has 9 nitrogen and oxygen atoms in total. The van der Waals surface area contributed by atoms with Gasteiger partial charge in [-0.05, 0) is 25.7 Å². The van der Waals surface area contributed by atoms with Gasteiger partial charge in [0.25, 0.3) is 0 Å². The SMILES string of the molecule is COc1cc(OCCCCC(=O)N(CCO)C2CCCCC2)cc2c1CN1CC(=O)NC1=N2. The van der Waals surface area contributed by atoms with Crippen LogP contribution in [0.1, 0.15) is 56.9 Å². The number of guanidine groups is 1. The van der Waals surface area contributed by atoms with Gasteiger partial charge in [0.15, 0.2) is 0 Å². The zero-order valence-electron chi connectivity index (χ0n) is 19.3. The Hall–Kier alpha value is -2.81. The van der Waals surface area contributed by atoms with Gasteiger partial charge < -0.3 is 24.4 Å². The molecule has 2 fully saturated rings. The third-order valence-electron chi connectivity index (χ3n) is 6.57. The van der Waals surface area contributed by atoms with Gasteiger partial charge >= 0.3 is 0 Å². The number of rotatable bonds is 10. The van der Waals surface area contributed by atoms with E-state index in [1.54, 1.807) is 7.11 Å². The van der Waals surface area contributed by atoms with E-state index in [0.717, 1.165) is 49.8 Å². The number of aliphatic hydroxyl groups is 1. The second-order valence-corrected chi connectivity index (χ2v) is 8.87. The van der Waals surface area contributed by atoms with Crippen LogP contribution in [0.25, 0.3) is 0 Å². The lowest BCUT2D eigenvalue weighted by atomic mass is 9.94. The second kappa shape index (κ2) is 10.9. The molecule has 1 saturated heterocycles. The highest BCUT2D eigenvalue weighted by atomic mass is 16.5. The summed E-state index contributed by atoms with van der Waals surface area (Å²) in [5.74, 6) is 1.98. The van der Waals surface area contributed by atoms with Gasteiger partial charge in [0.1, 0.15) is 18.0 Å². The maximum atomic E-state index is 12.7. The van der Waals surface area contributed by atoms with E-state index in [1.807, 2.05) is 21.9 Å². The number of carbonyl (C=O) groups is 2.